The van der Waals surface area contributed by atoms with Gasteiger partial charge in [0.05, 0.1) is 10.0 Å². The SMILES string of the molecule is CCC1(C)CN(c2cc(Cl)c(F)c(Cl)c2)CCCN1. The van der Waals surface area contributed by atoms with Gasteiger partial charge in [-0.15, -0.1) is 0 Å². The van der Waals surface area contributed by atoms with Gasteiger partial charge in [0.2, 0.25) is 0 Å². The van der Waals surface area contributed by atoms with Gasteiger partial charge >= 0.3 is 0 Å². The maximum atomic E-state index is 13.5. The number of halogens is 3. The summed E-state index contributed by atoms with van der Waals surface area (Å²) in [5.74, 6) is -0.543. The van der Waals surface area contributed by atoms with Crippen LogP contribution in [0.3, 0.4) is 0 Å². The van der Waals surface area contributed by atoms with Crippen LogP contribution >= 0.6 is 23.2 Å². The highest BCUT2D eigenvalue weighted by molar-refractivity contribution is 6.35. The molecule has 0 bridgehead atoms. The average Bonchev–Trinajstić information content (AvgIpc) is 2.58. The fourth-order valence-corrected chi connectivity index (χ4v) is 2.87. The predicted molar refractivity (Wildman–Crippen MR) is 79.9 cm³/mol. The van der Waals surface area contributed by atoms with Crippen LogP contribution < -0.4 is 10.2 Å². The van der Waals surface area contributed by atoms with Crippen molar-refractivity contribution in [3.63, 3.8) is 0 Å². The standard InChI is InChI=1S/C14H19Cl2FN2/c1-3-14(2)9-19(6-4-5-18-14)10-7-11(15)13(17)12(16)8-10/h7-8,18H,3-6,9H2,1-2H3. The van der Waals surface area contributed by atoms with E-state index in [0.717, 1.165) is 38.2 Å². The molecule has 1 atom stereocenters. The summed E-state index contributed by atoms with van der Waals surface area (Å²) < 4.78 is 13.5. The fourth-order valence-electron chi connectivity index (χ4n) is 2.40. The summed E-state index contributed by atoms with van der Waals surface area (Å²) in [6.07, 6.45) is 2.08. The molecule has 1 aromatic carbocycles. The van der Waals surface area contributed by atoms with Gasteiger partial charge in [-0.1, -0.05) is 30.1 Å². The molecular weight excluding hydrogens is 286 g/mol. The van der Waals surface area contributed by atoms with Crippen molar-refractivity contribution < 1.29 is 4.39 Å². The van der Waals surface area contributed by atoms with Gasteiger partial charge in [-0.25, -0.2) is 4.39 Å². The molecule has 2 rings (SSSR count). The second-order valence-corrected chi connectivity index (χ2v) is 6.15. The van der Waals surface area contributed by atoms with Crippen molar-refractivity contribution >= 4 is 28.9 Å². The van der Waals surface area contributed by atoms with E-state index in [1.54, 1.807) is 12.1 Å². The Bertz CT molecular complexity index is 444. The van der Waals surface area contributed by atoms with E-state index in [2.05, 4.69) is 24.1 Å². The maximum Gasteiger partial charge on any atom is 0.160 e. The Hall–Kier alpha value is -0.510. The topological polar surface area (TPSA) is 15.3 Å². The Balaban J connectivity index is 2.29. The summed E-state index contributed by atoms with van der Waals surface area (Å²) in [5, 5.41) is 3.73. The zero-order chi connectivity index (χ0) is 14.0. The molecule has 5 heteroatoms. The molecule has 1 unspecified atom stereocenters. The van der Waals surface area contributed by atoms with E-state index in [-0.39, 0.29) is 15.6 Å². The monoisotopic (exact) mass is 304 g/mol. The zero-order valence-electron chi connectivity index (χ0n) is 11.3. The lowest BCUT2D eigenvalue weighted by Gasteiger charge is -2.34. The van der Waals surface area contributed by atoms with Crippen LogP contribution in [0.4, 0.5) is 10.1 Å². The van der Waals surface area contributed by atoms with Crippen LogP contribution in [0.25, 0.3) is 0 Å². The van der Waals surface area contributed by atoms with Crippen LogP contribution in [0, 0.1) is 5.82 Å². The summed E-state index contributed by atoms with van der Waals surface area (Å²) in [6, 6.07) is 3.31. The number of benzene rings is 1. The highest BCUT2D eigenvalue weighted by atomic mass is 35.5. The van der Waals surface area contributed by atoms with Crippen molar-refractivity contribution in [3.8, 4) is 0 Å². The molecule has 1 fully saturated rings. The number of anilines is 1. The van der Waals surface area contributed by atoms with E-state index in [1.807, 2.05) is 0 Å². The predicted octanol–water partition coefficient (Wildman–Crippen LogP) is 4.10. The first-order valence-electron chi connectivity index (χ1n) is 6.60. The van der Waals surface area contributed by atoms with E-state index in [4.69, 9.17) is 23.2 Å². The summed E-state index contributed by atoms with van der Waals surface area (Å²) in [4.78, 5) is 2.22. The molecule has 0 aromatic heterocycles. The van der Waals surface area contributed by atoms with Crippen molar-refractivity contribution in [2.45, 2.75) is 32.2 Å². The van der Waals surface area contributed by atoms with Gasteiger partial charge < -0.3 is 10.2 Å². The molecule has 2 nitrogen and oxygen atoms in total. The van der Waals surface area contributed by atoms with Crippen molar-refractivity contribution in [3.05, 3.63) is 28.0 Å². The number of nitrogens with zero attached hydrogens (tertiary/aromatic N) is 1. The molecule has 0 saturated carbocycles. The van der Waals surface area contributed by atoms with Gasteiger partial charge in [-0.05, 0) is 38.4 Å². The number of rotatable bonds is 2. The van der Waals surface area contributed by atoms with Crippen LogP contribution in [0.5, 0.6) is 0 Å². The number of nitrogens with one attached hydrogen (secondary N) is 1. The minimum Gasteiger partial charge on any atom is -0.370 e. The van der Waals surface area contributed by atoms with Gasteiger partial charge in [0, 0.05) is 24.3 Å². The molecule has 0 amide bonds. The third kappa shape index (κ3) is 3.33. The number of hydrogen-bond acceptors (Lipinski definition) is 2. The lowest BCUT2D eigenvalue weighted by molar-refractivity contribution is 0.366. The first-order chi connectivity index (χ1) is 8.95. The van der Waals surface area contributed by atoms with E-state index in [9.17, 15) is 4.39 Å². The van der Waals surface area contributed by atoms with Crippen molar-refractivity contribution in [2.75, 3.05) is 24.5 Å². The Kier molecular flexibility index (Phi) is 4.59. The zero-order valence-corrected chi connectivity index (χ0v) is 12.8. The second kappa shape index (κ2) is 5.86. The lowest BCUT2D eigenvalue weighted by Crippen LogP contribution is -2.48. The molecule has 0 radical (unpaired) electrons. The summed E-state index contributed by atoms with van der Waals surface area (Å²) in [5.41, 5.74) is 0.948. The summed E-state index contributed by atoms with van der Waals surface area (Å²) >= 11 is 11.8. The Labute approximate surface area is 123 Å². The van der Waals surface area contributed by atoms with Gasteiger partial charge in [0.25, 0.3) is 0 Å². The molecule has 0 aliphatic carbocycles. The van der Waals surface area contributed by atoms with Gasteiger partial charge in [0.1, 0.15) is 0 Å². The normalized spacial score (nSPS) is 24.4. The molecule has 106 valence electrons. The fraction of sp³-hybridized carbons (Fsp3) is 0.571. The third-order valence-corrected chi connectivity index (χ3v) is 4.36. The highest BCUT2D eigenvalue weighted by Crippen LogP contribution is 2.31. The van der Waals surface area contributed by atoms with Crippen molar-refractivity contribution in [1.29, 1.82) is 0 Å². The largest absolute Gasteiger partial charge is 0.370 e. The molecule has 1 saturated heterocycles. The molecular formula is C14H19Cl2FN2. The number of hydrogen-bond donors (Lipinski definition) is 1. The molecule has 1 aliphatic rings. The quantitative estimate of drug-likeness (QED) is 0.828. The summed E-state index contributed by atoms with van der Waals surface area (Å²) in [7, 11) is 0. The highest BCUT2D eigenvalue weighted by Gasteiger charge is 2.27. The van der Waals surface area contributed by atoms with Gasteiger partial charge in [0.15, 0.2) is 5.82 Å². The van der Waals surface area contributed by atoms with E-state index in [0.29, 0.717) is 0 Å². The Morgan fingerprint density at radius 2 is 2.00 bits per heavy atom. The van der Waals surface area contributed by atoms with Crippen LogP contribution in [0.1, 0.15) is 26.7 Å². The average molecular weight is 305 g/mol. The van der Waals surface area contributed by atoms with E-state index >= 15 is 0 Å². The Morgan fingerprint density at radius 3 is 2.58 bits per heavy atom. The van der Waals surface area contributed by atoms with Gasteiger partial charge in [-0.2, -0.15) is 0 Å². The smallest absolute Gasteiger partial charge is 0.160 e. The molecule has 19 heavy (non-hydrogen) atoms. The third-order valence-electron chi connectivity index (χ3n) is 3.81. The van der Waals surface area contributed by atoms with E-state index in [1.165, 1.54) is 0 Å². The molecule has 1 heterocycles. The molecule has 1 aliphatic heterocycles. The second-order valence-electron chi connectivity index (χ2n) is 5.34. The minimum atomic E-state index is -0.543. The maximum absolute atomic E-state index is 13.5. The Morgan fingerprint density at radius 1 is 1.37 bits per heavy atom. The van der Waals surface area contributed by atoms with Crippen molar-refractivity contribution in [2.24, 2.45) is 0 Å². The molecule has 0 spiro atoms. The lowest BCUT2D eigenvalue weighted by atomic mass is 9.98. The van der Waals surface area contributed by atoms with Crippen LogP contribution in [0.2, 0.25) is 10.0 Å². The minimum absolute atomic E-state index is 0.0594. The van der Waals surface area contributed by atoms with Gasteiger partial charge in [-0.3, -0.25) is 0 Å². The first-order valence-corrected chi connectivity index (χ1v) is 7.35. The summed E-state index contributed by atoms with van der Waals surface area (Å²) in [6.45, 7) is 7.14. The first kappa shape index (κ1) is 14.9. The van der Waals surface area contributed by atoms with Crippen molar-refractivity contribution in [1.82, 2.24) is 5.32 Å². The van der Waals surface area contributed by atoms with Crippen LogP contribution in [-0.2, 0) is 0 Å². The van der Waals surface area contributed by atoms with E-state index < -0.39 is 5.82 Å². The molecule has 1 N–H and O–H groups in total. The molecule has 1 aromatic rings. The van der Waals surface area contributed by atoms with Crippen LogP contribution in [0.15, 0.2) is 12.1 Å². The van der Waals surface area contributed by atoms with Crippen LogP contribution in [-0.4, -0.2) is 25.2 Å².